The molecule has 0 aliphatic carbocycles. The van der Waals surface area contributed by atoms with E-state index in [4.69, 9.17) is 0 Å². The first-order chi connectivity index (χ1) is 17.1. The van der Waals surface area contributed by atoms with Crippen molar-refractivity contribution in [2.45, 2.75) is 33.6 Å². The zero-order valence-electron chi connectivity index (χ0n) is 20.2. The second kappa shape index (κ2) is 9.61. The molecular formula is C27H25FN4O4. The average molecular weight is 489 g/mol. The van der Waals surface area contributed by atoms with E-state index in [-0.39, 0.29) is 22.7 Å². The number of carboxylic acid groups (broad SMARTS) is 1. The molecule has 0 aliphatic rings. The first-order valence-corrected chi connectivity index (χ1v) is 11.2. The minimum absolute atomic E-state index is 0.0328. The van der Waals surface area contributed by atoms with Gasteiger partial charge in [0.05, 0.1) is 17.3 Å². The predicted molar refractivity (Wildman–Crippen MR) is 134 cm³/mol. The maximum absolute atomic E-state index is 14.4. The van der Waals surface area contributed by atoms with Crippen molar-refractivity contribution in [1.82, 2.24) is 9.78 Å². The van der Waals surface area contributed by atoms with Crippen LogP contribution in [0.25, 0.3) is 16.8 Å². The van der Waals surface area contributed by atoms with E-state index in [0.717, 1.165) is 23.3 Å². The summed E-state index contributed by atoms with van der Waals surface area (Å²) in [4.78, 5) is 24.2. The summed E-state index contributed by atoms with van der Waals surface area (Å²) in [6, 6.07) is 14.2. The summed E-state index contributed by atoms with van der Waals surface area (Å²) in [5.41, 5.74) is 3.89. The molecule has 9 heteroatoms. The van der Waals surface area contributed by atoms with Crippen molar-refractivity contribution in [1.29, 1.82) is 0 Å². The Hall–Kier alpha value is -4.53. The van der Waals surface area contributed by atoms with E-state index >= 15 is 0 Å². The van der Waals surface area contributed by atoms with Gasteiger partial charge in [-0.1, -0.05) is 30.3 Å². The van der Waals surface area contributed by atoms with Gasteiger partial charge < -0.3 is 10.2 Å². The molecule has 0 amide bonds. The number of rotatable bonds is 6. The monoisotopic (exact) mass is 488 g/mol. The number of aromatic nitrogens is 2. The molecule has 8 nitrogen and oxygen atoms in total. The van der Waals surface area contributed by atoms with Gasteiger partial charge in [-0.2, -0.15) is 0 Å². The number of hydrogen-bond donors (Lipinski definition) is 3. The standard InChI is InChI=1S/C27H25FN4O4/c1-14-5-10-21(11-15(14)2)32-26(34)24(17(4)31-32)30-29-23-13-20(28)12-22(25(23)33)19-8-6-18(7-9-19)16(3)27(35)36/h5-13,16,31,33H,1-4H3,(H,35,36). The minimum Gasteiger partial charge on any atom is -0.505 e. The lowest BCUT2D eigenvalue weighted by molar-refractivity contribution is -0.138. The van der Waals surface area contributed by atoms with Gasteiger partial charge in [0.2, 0.25) is 0 Å². The molecule has 36 heavy (non-hydrogen) atoms. The molecule has 0 saturated carbocycles. The van der Waals surface area contributed by atoms with Crippen LogP contribution in [0.4, 0.5) is 15.8 Å². The fraction of sp³-hybridized carbons (Fsp3) is 0.185. The Bertz CT molecular complexity index is 1550. The Morgan fingerprint density at radius 3 is 2.33 bits per heavy atom. The smallest absolute Gasteiger partial charge is 0.310 e. The number of nitrogens with one attached hydrogen (secondary N) is 1. The Balaban J connectivity index is 1.69. The molecule has 3 N–H and O–H groups in total. The summed E-state index contributed by atoms with van der Waals surface area (Å²) in [6.07, 6.45) is 0. The summed E-state index contributed by atoms with van der Waals surface area (Å²) in [5, 5.41) is 30.9. The van der Waals surface area contributed by atoms with Gasteiger partial charge in [0.15, 0.2) is 11.4 Å². The number of hydrogen-bond acceptors (Lipinski definition) is 5. The van der Waals surface area contributed by atoms with Crippen LogP contribution in [0.1, 0.15) is 35.2 Å². The van der Waals surface area contributed by atoms with Gasteiger partial charge >= 0.3 is 5.97 Å². The molecule has 1 aromatic heterocycles. The molecular weight excluding hydrogens is 463 g/mol. The highest BCUT2D eigenvalue weighted by Crippen LogP contribution is 2.39. The number of benzene rings is 3. The summed E-state index contributed by atoms with van der Waals surface area (Å²) < 4.78 is 15.8. The highest BCUT2D eigenvalue weighted by atomic mass is 19.1. The largest absolute Gasteiger partial charge is 0.505 e. The maximum atomic E-state index is 14.4. The van der Waals surface area contributed by atoms with Gasteiger partial charge in [-0.15, -0.1) is 10.2 Å². The van der Waals surface area contributed by atoms with Crippen LogP contribution >= 0.6 is 0 Å². The Kier molecular flexibility index (Phi) is 6.57. The summed E-state index contributed by atoms with van der Waals surface area (Å²) in [7, 11) is 0. The number of halogens is 1. The summed E-state index contributed by atoms with van der Waals surface area (Å²) in [5.74, 6) is -2.64. The Labute approximate surface area is 206 Å². The number of nitrogens with zero attached hydrogens (tertiary/aromatic N) is 3. The number of aromatic amines is 1. The number of azo groups is 1. The maximum Gasteiger partial charge on any atom is 0.310 e. The molecule has 4 rings (SSSR count). The summed E-state index contributed by atoms with van der Waals surface area (Å²) in [6.45, 7) is 7.16. The van der Waals surface area contributed by atoms with E-state index in [1.54, 1.807) is 38.1 Å². The SMILES string of the molecule is Cc1ccc(-n2[nH]c(C)c(N=Nc3cc(F)cc(-c4ccc(C(C)C(=O)O)cc4)c3O)c2=O)cc1C. The number of phenols is 1. The number of H-pyrrole nitrogens is 1. The molecule has 0 spiro atoms. The van der Waals surface area contributed by atoms with Crippen molar-refractivity contribution >= 4 is 17.3 Å². The van der Waals surface area contributed by atoms with Crippen LogP contribution in [0.5, 0.6) is 5.75 Å². The average Bonchev–Trinajstić information content (AvgIpc) is 3.13. The van der Waals surface area contributed by atoms with E-state index < -0.39 is 23.3 Å². The molecule has 0 radical (unpaired) electrons. The topological polar surface area (TPSA) is 120 Å². The van der Waals surface area contributed by atoms with Gasteiger partial charge in [-0.05, 0) is 68.1 Å². The zero-order chi connectivity index (χ0) is 26.1. The van der Waals surface area contributed by atoms with Crippen molar-refractivity contribution in [3.05, 3.63) is 93.2 Å². The first-order valence-electron chi connectivity index (χ1n) is 11.2. The highest BCUT2D eigenvalue weighted by Gasteiger charge is 2.17. The van der Waals surface area contributed by atoms with Crippen molar-refractivity contribution in [3.8, 4) is 22.6 Å². The fourth-order valence-electron chi connectivity index (χ4n) is 3.78. The molecule has 184 valence electrons. The van der Waals surface area contributed by atoms with Crippen LogP contribution < -0.4 is 5.56 Å². The van der Waals surface area contributed by atoms with Crippen LogP contribution in [0.15, 0.2) is 69.6 Å². The molecule has 1 heterocycles. The van der Waals surface area contributed by atoms with E-state index in [1.165, 1.54) is 4.68 Å². The molecule has 3 aromatic carbocycles. The molecule has 1 unspecified atom stereocenters. The quantitative estimate of drug-likeness (QED) is 0.280. The van der Waals surface area contributed by atoms with E-state index in [1.807, 2.05) is 32.0 Å². The third-order valence-electron chi connectivity index (χ3n) is 6.19. The number of phenolic OH excluding ortho intramolecular Hbond substituents is 1. The molecule has 0 fully saturated rings. The zero-order valence-corrected chi connectivity index (χ0v) is 20.2. The minimum atomic E-state index is -0.962. The number of aryl methyl sites for hydroxylation is 3. The van der Waals surface area contributed by atoms with Crippen molar-refractivity contribution in [2.75, 3.05) is 0 Å². The van der Waals surface area contributed by atoms with Gasteiger partial charge in [-0.3, -0.25) is 14.7 Å². The lowest BCUT2D eigenvalue weighted by Gasteiger charge is -2.10. The number of aliphatic carboxylic acids is 1. The van der Waals surface area contributed by atoms with E-state index in [0.29, 0.717) is 22.5 Å². The van der Waals surface area contributed by atoms with Crippen molar-refractivity contribution in [3.63, 3.8) is 0 Å². The van der Waals surface area contributed by atoms with Crippen LogP contribution in [0, 0.1) is 26.6 Å². The number of aromatic hydroxyl groups is 1. The molecule has 4 aromatic rings. The Morgan fingerprint density at radius 2 is 1.69 bits per heavy atom. The molecule has 0 bridgehead atoms. The first kappa shape index (κ1) is 24.6. The Morgan fingerprint density at radius 1 is 1.00 bits per heavy atom. The number of carboxylic acids is 1. The van der Waals surface area contributed by atoms with Gasteiger partial charge in [-0.25, -0.2) is 9.07 Å². The second-order valence-electron chi connectivity index (χ2n) is 8.70. The third kappa shape index (κ3) is 4.68. The van der Waals surface area contributed by atoms with Crippen molar-refractivity contribution < 1.29 is 19.4 Å². The molecule has 0 saturated heterocycles. The van der Waals surface area contributed by atoms with Gasteiger partial charge in [0, 0.05) is 11.6 Å². The third-order valence-corrected chi connectivity index (χ3v) is 6.19. The second-order valence-corrected chi connectivity index (χ2v) is 8.70. The van der Waals surface area contributed by atoms with E-state index in [2.05, 4.69) is 15.3 Å². The summed E-state index contributed by atoms with van der Waals surface area (Å²) >= 11 is 0. The van der Waals surface area contributed by atoms with Gasteiger partial charge in [0.1, 0.15) is 11.5 Å². The fourth-order valence-corrected chi connectivity index (χ4v) is 3.78. The van der Waals surface area contributed by atoms with Crippen LogP contribution in [-0.2, 0) is 4.79 Å². The lowest BCUT2D eigenvalue weighted by Crippen LogP contribution is -2.14. The van der Waals surface area contributed by atoms with Crippen LogP contribution in [0.3, 0.4) is 0 Å². The van der Waals surface area contributed by atoms with Crippen LogP contribution in [0.2, 0.25) is 0 Å². The van der Waals surface area contributed by atoms with Gasteiger partial charge in [0.25, 0.3) is 5.56 Å². The lowest BCUT2D eigenvalue weighted by atomic mass is 9.97. The predicted octanol–water partition coefficient (Wildman–Crippen LogP) is 6.21. The molecule has 0 aliphatic heterocycles. The van der Waals surface area contributed by atoms with Crippen LogP contribution in [-0.4, -0.2) is 26.0 Å². The van der Waals surface area contributed by atoms with E-state index in [9.17, 15) is 24.2 Å². The number of carbonyl (C=O) groups is 1. The van der Waals surface area contributed by atoms with Crippen molar-refractivity contribution in [2.24, 2.45) is 10.2 Å². The highest BCUT2D eigenvalue weighted by molar-refractivity contribution is 5.78. The molecule has 1 atom stereocenters. The normalized spacial score (nSPS) is 12.2.